The van der Waals surface area contributed by atoms with Crippen molar-refractivity contribution in [1.29, 1.82) is 0 Å². The third kappa shape index (κ3) is 3.21. The van der Waals surface area contributed by atoms with Crippen molar-refractivity contribution in [3.8, 4) is 11.1 Å². The molecule has 0 aliphatic carbocycles. The molecule has 0 fully saturated rings. The Morgan fingerprint density at radius 1 is 1.05 bits per heavy atom. The molecular formula is C15H10F4O2. The molecule has 0 radical (unpaired) electrons. The summed E-state index contributed by atoms with van der Waals surface area (Å²) in [7, 11) is 1.17. The lowest BCUT2D eigenvalue weighted by Crippen LogP contribution is -2.04. The van der Waals surface area contributed by atoms with Crippen molar-refractivity contribution >= 4 is 5.97 Å². The van der Waals surface area contributed by atoms with E-state index in [1.54, 1.807) is 0 Å². The van der Waals surface area contributed by atoms with Crippen molar-refractivity contribution in [2.45, 2.75) is 6.18 Å². The topological polar surface area (TPSA) is 26.3 Å². The molecule has 0 amide bonds. The molecule has 2 nitrogen and oxygen atoms in total. The monoisotopic (exact) mass is 298 g/mol. The van der Waals surface area contributed by atoms with E-state index in [9.17, 15) is 22.4 Å². The highest BCUT2D eigenvalue weighted by Gasteiger charge is 2.30. The predicted molar refractivity (Wildman–Crippen MR) is 68.2 cm³/mol. The van der Waals surface area contributed by atoms with Crippen LogP contribution in [0.4, 0.5) is 17.6 Å². The predicted octanol–water partition coefficient (Wildman–Crippen LogP) is 4.30. The van der Waals surface area contributed by atoms with E-state index in [1.165, 1.54) is 31.4 Å². The standard InChI is InChI=1S/C15H10F4O2/c1-21-14(20)10-4-7-12(13(16)8-10)9-2-5-11(6-3-9)15(17,18)19/h2-8H,1H3. The molecule has 110 valence electrons. The first-order valence-corrected chi connectivity index (χ1v) is 5.88. The van der Waals surface area contributed by atoms with Gasteiger partial charge in [-0.15, -0.1) is 0 Å². The number of alkyl halides is 3. The minimum atomic E-state index is -4.44. The second-order valence-corrected chi connectivity index (χ2v) is 4.26. The number of carbonyl (C=O) groups is 1. The largest absolute Gasteiger partial charge is 0.465 e. The van der Waals surface area contributed by atoms with Crippen LogP contribution in [0.1, 0.15) is 15.9 Å². The van der Waals surface area contributed by atoms with E-state index in [1.807, 2.05) is 0 Å². The molecule has 0 unspecified atom stereocenters. The number of methoxy groups -OCH3 is 1. The molecule has 0 bridgehead atoms. The number of ether oxygens (including phenoxy) is 1. The van der Waals surface area contributed by atoms with Gasteiger partial charge in [-0.3, -0.25) is 0 Å². The summed E-state index contributed by atoms with van der Waals surface area (Å²) in [5, 5.41) is 0. The fourth-order valence-corrected chi connectivity index (χ4v) is 1.83. The van der Waals surface area contributed by atoms with Crippen LogP contribution in [-0.4, -0.2) is 13.1 Å². The van der Waals surface area contributed by atoms with Crippen LogP contribution in [0, 0.1) is 5.82 Å². The molecule has 0 saturated heterocycles. The van der Waals surface area contributed by atoms with Crippen LogP contribution in [-0.2, 0) is 10.9 Å². The first kappa shape index (κ1) is 15.0. The molecule has 6 heteroatoms. The van der Waals surface area contributed by atoms with Gasteiger partial charge in [0.15, 0.2) is 0 Å². The first-order valence-electron chi connectivity index (χ1n) is 5.88. The third-order valence-electron chi connectivity index (χ3n) is 2.91. The zero-order valence-corrected chi connectivity index (χ0v) is 10.9. The Kier molecular flexibility index (Phi) is 3.97. The lowest BCUT2D eigenvalue weighted by molar-refractivity contribution is -0.137. The Morgan fingerprint density at radius 2 is 1.67 bits per heavy atom. The molecule has 2 aromatic rings. The van der Waals surface area contributed by atoms with Crippen molar-refractivity contribution in [2.75, 3.05) is 7.11 Å². The molecule has 0 N–H and O–H groups in total. The molecule has 0 aromatic heterocycles. The molecule has 0 atom stereocenters. The molecule has 0 aliphatic heterocycles. The van der Waals surface area contributed by atoms with Gasteiger partial charge >= 0.3 is 12.1 Å². The fourth-order valence-electron chi connectivity index (χ4n) is 1.83. The van der Waals surface area contributed by atoms with E-state index in [-0.39, 0.29) is 16.7 Å². The maximum atomic E-state index is 13.9. The smallest absolute Gasteiger partial charge is 0.416 e. The quantitative estimate of drug-likeness (QED) is 0.610. The van der Waals surface area contributed by atoms with E-state index in [2.05, 4.69) is 4.74 Å². The van der Waals surface area contributed by atoms with Gasteiger partial charge in [-0.1, -0.05) is 18.2 Å². The molecule has 21 heavy (non-hydrogen) atoms. The van der Waals surface area contributed by atoms with Gasteiger partial charge in [-0.25, -0.2) is 9.18 Å². The van der Waals surface area contributed by atoms with Crippen molar-refractivity contribution in [3.05, 3.63) is 59.4 Å². The van der Waals surface area contributed by atoms with Gasteiger partial charge in [-0.05, 0) is 29.8 Å². The lowest BCUT2D eigenvalue weighted by atomic mass is 10.0. The molecular weight excluding hydrogens is 288 g/mol. The van der Waals surface area contributed by atoms with Crippen molar-refractivity contribution in [1.82, 2.24) is 0 Å². The van der Waals surface area contributed by atoms with Crippen molar-refractivity contribution < 1.29 is 27.1 Å². The molecule has 0 spiro atoms. The number of halogens is 4. The van der Waals surface area contributed by atoms with Gasteiger partial charge < -0.3 is 4.74 Å². The molecule has 2 rings (SSSR count). The number of rotatable bonds is 2. The van der Waals surface area contributed by atoms with Crippen LogP contribution in [0.25, 0.3) is 11.1 Å². The van der Waals surface area contributed by atoms with Gasteiger partial charge in [0.1, 0.15) is 5.82 Å². The van der Waals surface area contributed by atoms with E-state index in [0.717, 1.165) is 18.2 Å². The first-order chi connectivity index (χ1) is 9.82. The summed E-state index contributed by atoms with van der Waals surface area (Å²) in [6, 6.07) is 7.77. The van der Waals surface area contributed by atoms with Crippen LogP contribution < -0.4 is 0 Å². The maximum Gasteiger partial charge on any atom is 0.416 e. The SMILES string of the molecule is COC(=O)c1ccc(-c2ccc(C(F)(F)F)cc2)c(F)c1. The molecule has 0 aliphatic rings. The lowest BCUT2D eigenvalue weighted by Gasteiger charge is -2.09. The van der Waals surface area contributed by atoms with Gasteiger partial charge in [0.05, 0.1) is 18.2 Å². The Balaban J connectivity index is 2.36. The van der Waals surface area contributed by atoms with E-state index in [0.29, 0.717) is 0 Å². The summed E-state index contributed by atoms with van der Waals surface area (Å²) in [6.45, 7) is 0. The van der Waals surface area contributed by atoms with Gasteiger partial charge in [-0.2, -0.15) is 13.2 Å². The summed E-state index contributed by atoms with van der Waals surface area (Å²) in [5.74, 6) is -1.40. The van der Waals surface area contributed by atoms with Crippen molar-refractivity contribution in [3.63, 3.8) is 0 Å². The number of hydrogen-bond donors (Lipinski definition) is 0. The zero-order chi connectivity index (χ0) is 15.6. The highest BCUT2D eigenvalue weighted by molar-refractivity contribution is 5.90. The normalized spacial score (nSPS) is 11.3. The molecule has 2 aromatic carbocycles. The number of hydrogen-bond acceptors (Lipinski definition) is 2. The van der Waals surface area contributed by atoms with E-state index >= 15 is 0 Å². The van der Waals surface area contributed by atoms with Crippen LogP contribution in [0.2, 0.25) is 0 Å². The maximum absolute atomic E-state index is 13.9. The zero-order valence-electron chi connectivity index (χ0n) is 10.9. The number of carbonyl (C=O) groups excluding carboxylic acids is 1. The van der Waals surface area contributed by atoms with Crippen LogP contribution >= 0.6 is 0 Å². The highest BCUT2D eigenvalue weighted by Crippen LogP contribution is 2.31. The summed E-state index contributed by atoms with van der Waals surface area (Å²) in [4.78, 5) is 11.3. The second kappa shape index (κ2) is 5.55. The van der Waals surface area contributed by atoms with Crippen molar-refractivity contribution in [2.24, 2.45) is 0 Å². The van der Waals surface area contributed by atoms with Crippen LogP contribution in [0.3, 0.4) is 0 Å². The second-order valence-electron chi connectivity index (χ2n) is 4.26. The minimum Gasteiger partial charge on any atom is -0.465 e. The van der Waals surface area contributed by atoms with Gasteiger partial charge in [0.2, 0.25) is 0 Å². The number of esters is 1. The van der Waals surface area contributed by atoms with E-state index in [4.69, 9.17) is 0 Å². The van der Waals surface area contributed by atoms with Gasteiger partial charge in [0, 0.05) is 5.56 Å². The summed E-state index contributed by atoms with van der Waals surface area (Å²) >= 11 is 0. The van der Waals surface area contributed by atoms with Crippen LogP contribution in [0.15, 0.2) is 42.5 Å². The summed E-state index contributed by atoms with van der Waals surface area (Å²) in [6.07, 6.45) is -4.44. The summed E-state index contributed by atoms with van der Waals surface area (Å²) in [5.41, 5.74) is -0.378. The highest BCUT2D eigenvalue weighted by atomic mass is 19.4. The fraction of sp³-hybridized carbons (Fsp3) is 0.133. The average Bonchev–Trinajstić information content (AvgIpc) is 2.45. The average molecular weight is 298 g/mol. The van der Waals surface area contributed by atoms with E-state index < -0.39 is 23.5 Å². The summed E-state index contributed by atoms with van der Waals surface area (Å²) < 4.78 is 55.8. The Hall–Kier alpha value is -2.37. The number of benzene rings is 2. The minimum absolute atomic E-state index is 0.0330. The van der Waals surface area contributed by atoms with Crippen LogP contribution in [0.5, 0.6) is 0 Å². The Morgan fingerprint density at radius 3 is 2.14 bits per heavy atom. The molecule has 0 heterocycles. The molecule has 0 saturated carbocycles. The Labute approximate surface area is 118 Å². The third-order valence-corrected chi connectivity index (χ3v) is 2.91. The Bertz CT molecular complexity index is 660. The van der Waals surface area contributed by atoms with Gasteiger partial charge in [0.25, 0.3) is 0 Å².